The standard InChI is InChI=1S/C13H20O3/c1-3-10(8-13(16)9(2)14)11-5-4-6-12(15)7-11/h4-7,9-10,13-16H,3,8H2,1-2H3. The van der Waals surface area contributed by atoms with Crippen LogP contribution in [-0.4, -0.2) is 27.5 Å². The molecular weight excluding hydrogens is 204 g/mol. The molecule has 0 spiro atoms. The Morgan fingerprint density at radius 3 is 2.44 bits per heavy atom. The first-order chi connectivity index (χ1) is 7.54. The van der Waals surface area contributed by atoms with Crippen molar-refractivity contribution in [1.82, 2.24) is 0 Å². The van der Waals surface area contributed by atoms with Crippen LogP contribution in [0.25, 0.3) is 0 Å². The van der Waals surface area contributed by atoms with Gasteiger partial charge < -0.3 is 15.3 Å². The van der Waals surface area contributed by atoms with Gasteiger partial charge in [-0.05, 0) is 43.4 Å². The molecule has 0 aliphatic carbocycles. The molecule has 1 aromatic carbocycles. The SMILES string of the molecule is CCC(CC(O)C(C)O)c1cccc(O)c1. The second-order valence-corrected chi connectivity index (χ2v) is 4.24. The molecule has 3 N–H and O–H groups in total. The van der Waals surface area contributed by atoms with Gasteiger partial charge in [0.15, 0.2) is 0 Å². The minimum atomic E-state index is -0.716. The molecule has 0 heterocycles. The summed E-state index contributed by atoms with van der Waals surface area (Å²) < 4.78 is 0. The molecule has 0 aromatic heterocycles. The molecule has 3 atom stereocenters. The largest absolute Gasteiger partial charge is 0.508 e. The van der Waals surface area contributed by atoms with E-state index in [1.165, 1.54) is 0 Å². The lowest BCUT2D eigenvalue weighted by molar-refractivity contribution is 0.0215. The Morgan fingerprint density at radius 1 is 1.25 bits per heavy atom. The van der Waals surface area contributed by atoms with Crippen LogP contribution < -0.4 is 0 Å². The molecular formula is C13H20O3. The van der Waals surface area contributed by atoms with Crippen LogP contribution in [0.5, 0.6) is 5.75 Å². The van der Waals surface area contributed by atoms with Gasteiger partial charge in [-0.2, -0.15) is 0 Å². The molecule has 1 aromatic rings. The number of aliphatic hydroxyl groups is 2. The van der Waals surface area contributed by atoms with Gasteiger partial charge in [-0.25, -0.2) is 0 Å². The van der Waals surface area contributed by atoms with E-state index in [9.17, 15) is 15.3 Å². The first kappa shape index (κ1) is 13.0. The van der Waals surface area contributed by atoms with Crippen LogP contribution >= 0.6 is 0 Å². The van der Waals surface area contributed by atoms with Crippen molar-refractivity contribution in [2.75, 3.05) is 0 Å². The van der Waals surface area contributed by atoms with Crippen molar-refractivity contribution in [3.05, 3.63) is 29.8 Å². The van der Waals surface area contributed by atoms with E-state index in [1.54, 1.807) is 25.1 Å². The zero-order valence-electron chi connectivity index (χ0n) is 9.80. The number of benzene rings is 1. The maximum atomic E-state index is 9.65. The smallest absolute Gasteiger partial charge is 0.115 e. The quantitative estimate of drug-likeness (QED) is 0.717. The molecule has 1 rings (SSSR count). The highest BCUT2D eigenvalue weighted by Crippen LogP contribution is 2.27. The fraction of sp³-hybridized carbons (Fsp3) is 0.538. The number of phenolic OH excluding ortho intramolecular Hbond substituents is 1. The number of hydrogen-bond donors (Lipinski definition) is 3. The van der Waals surface area contributed by atoms with E-state index in [0.717, 1.165) is 12.0 Å². The third-order valence-electron chi connectivity index (χ3n) is 2.92. The predicted molar refractivity (Wildman–Crippen MR) is 63.4 cm³/mol. The van der Waals surface area contributed by atoms with E-state index < -0.39 is 12.2 Å². The molecule has 0 bridgehead atoms. The zero-order chi connectivity index (χ0) is 12.1. The Bertz CT molecular complexity index is 323. The molecule has 0 aliphatic rings. The number of phenols is 1. The molecule has 3 nitrogen and oxygen atoms in total. The van der Waals surface area contributed by atoms with E-state index >= 15 is 0 Å². The zero-order valence-corrected chi connectivity index (χ0v) is 9.80. The van der Waals surface area contributed by atoms with Gasteiger partial charge in [0.2, 0.25) is 0 Å². The van der Waals surface area contributed by atoms with E-state index in [4.69, 9.17) is 0 Å². The van der Waals surface area contributed by atoms with Crippen molar-refractivity contribution in [3.63, 3.8) is 0 Å². The van der Waals surface area contributed by atoms with Crippen molar-refractivity contribution in [2.45, 2.75) is 44.8 Å². The van der Waals surface area contributed by atoms with Crippen LogP contribution in [0.1, 0.15) is 38.2 Å². The van der Waals surface area contributed by atoms with E-state index in [0.29, 0.717) is 6.42 Å². The lowest BCUT2D eigenvalue weighted by Gasteiger charge is -2.21. The van der Waals surface area contributed by atoms with Gasteiger partial charge in [0.1, 0.15) is 5.75 Å². The third-order valence-corrected chi connectivity index (χ3v) is 2.92. The second-order valence-electron chi connectivity index (χ2n) is 4.24. The minimum Gasteiger partial charge on any atom is -0.508 e. The summed E-state index contributed by atoms with van der Waals surface area (Å²) in [6.45, 7) is 3.61. The van der Waals surface area contributed by atoms with E-state index in [1.807, 2.05) is 13.0 Å². The third kappa shape index (κ3) is 3.51. The number of aliphatic hydroxyl groups excluding tert-OH is 2. The fourth-order valence-electron chi connectivity index (χ4n) is 1.81. The van der Waals surface area contributed by atoms with Crippen molar-refractivity contribution in [3.8, 4) is 5.75 Å². The molecule has 0 fully saturated rings. The Kier molecular flexibility index (Phi) is 4.77. The van der Waals surface area contributed by atoms with Crippen LogP contribution in [0.3, 0.4) is 0 Å². The molecule has 0 saturated heterocycles. The van der Waals surface area contributed by atoms with Crippen LogP contribution in [-0.2, 0) is 0 Å². The summed E-state index contributed by atoms with van der Waals surface area (Å²) in [6, 6.07) is 7.06. The van der Waals surface area contributed by atoms with Gasteiger partial charge in [0.25, 0.3) is 0 Å². The average Bonchev–Trinajstić information content (AvgIpc) is 2.25. The first-order valence-electron chi connectivity index (χ1n) is 5.69. The summed E-state index contributed by atoms with van der Waals surface area (Å²) in [6.07, 6.45) is -0.0520. The Hall–Kier alpha value is -1.06. The molecule has 3 unspecified atom stereocenters. The summed E-state index contributed by atoms with van der Waals surface area (Å²) in [5, 5.41) is 28.3. The summed E-state index contributed by atoms with van der Waals surface area (Å²) in [5.41, 5.74) is 1.00. The highest BCUT2D eigenvalue weighted by atomic mass is 16.3. The average molecular weight is 224 g/mol. The topological polar surface area (TPSA) is 60.7 Å². The summed E-state index contributed by atoms with van der Waals surface area (Å²) >= 11 is 0. The molecule has 0 amide bonds. The Balaban J connectivity index is 2.74. The van der Waals surface area contributed by atoms with Gasteiger partial charge in [-0.1, -0.05) is 19.1 Å². The van der Waals surface area contributed by atoms with E-state index in [-0.39, 0.29) is 11.7 Å². The second kappa shape index (κ2) is 5.87. The summed E-state index contributed by atoms with van der Waals surface area (Å²) in [5.74, 6) is 0.402. The van der Waals surface area contributed by atoms with Crippen LogP contribution in [0, 0.1) is 0 Å². The first-order valence-corrected chi connectivity index (χ1v) is 5.69. The number of rotatable bonds is 5. The van der Waals surface area contributed by atoms with Gasteiger partial charge >= 0.3 is 0 Å². The summed E-state index contributed by atoms with van der Waals surface area (Å²) in [7, 11) is 0. The van der Waals surface area contributed by atoms with Crippen LogP contribution in [0.2, 0.25) is 0 Å². The molecule has 16 heavy (non-hydrogen) atoms. The molecule has 0 saturated carbocycles. The highest BCUT2D eigenvalue weighted by Gasteiger charge is 2.18. The van der Waals surface area contributed by atoms with Crippen LogP contribution in [0.4, 0.5) is 0 Å². The van der Waals surface area contributed by atoms with Crippen molar-refractivity contribution < 1.29 is 15.3 Å². The lowest BCUT2D eigenvalue weighted by Crippen LogP contribution is -2.24. The van der Waals surface area contributed by atoms with Crippen molar-refractivity contribution in [2.24, 2.45) is 0 Å². The predicted octanol–water partition coefficient (Wildman–Crippen LogP) is 2.02. The van der Waals surface area contributed by atoms with Gasteiger partial charge in [0, 0.05) is 0 Å². The Labute approximate surface area is 96.4 Å². The Morgan fingerprint density at radius 2 is 1.94 bits per heavy atom. The molecule has 90 valence electrons. The molecule has 0 aliphatic heterocycles. The number of hydrogen-bond acceptors (Lipinski definition) is 3. The van der Waals surface area contributed by atoms with Crippen molar-refractivity contribution in [1.29, 1.82) is 0 Å². The molecule has 0 radical (unpaired) electrons. The maximum Gasteiger partial charge on any atom is 0.115 e. The number of aromatic hydroxyl groups is 1. The maximum absolute atomic E-state index is 9.65. The van der Waals surface area contributed by atoms with Crippen molar-refractivity contribution >= 4 is 0 Å². The van der Waals surface area contributed by atoms with E-state index in [2.05, 4.69) is 0 Å². The van der Waals surface area contributed by atoms with Gasteiger partial charge in [0.05, 0.1) is 12.2 Å². The minimum absolute atomic E-state index is 0.164. The summed E-state index contributed by atoms with van der Waals surface area (Å²) in [4.78, 5) is 0. The fourth-order valence-corrected chi connectivity index (χ4v) is 1.81. The normalized spacial score (nSPS) is 16.8. The van der Waals surface area contributed by atoms with Crippen LogP contribution in [0.15, 0.2) is 24.3 Å². The van der Waals surface area contributed by atoms with Gasteiger partial charge in [-0.15, -0.1) is 0 Å². The molecule has 3 heteroatoms. The highest BCUT2D eigenvalue weighted by molar-refractivity contribution is 5.29. The lowest BCUT2D eigenvalue weighted by atomic mass is 9.89. The monoisotopic (exact) mass is 224 g/mol. The van der Waals surface area contributed by atoms with Gasteiger partial charge in [-0.3, -0.25) is 0 Å².